The summed E-state index contributed by atoms with van der Waals surface area (Å²) < 4.78 is 4.78. The third-order valence-corrected chi connectivity index (χ3v) is 19.8. The highest BCUT2D eigenvalue weighted by atomic mass is 32.2. The molecule has 1 aliphatic rings. The van der Waals surface area contributed by atoms with Gasteiger partial charge in [0, 0.05) is 32.9 Å². The lowest BCUT2D eigenvalue weighted by atomic mass is 10.1. The van der Waals surface area contributed by atoms with Crippen molar-refractivity contribution < 1.29 is 0 Å². The van der Waals surface area contributed by atoms with Gasteiger partial charge in [0.15, 0.2) is 0 Å². The van der Waals surface area contributed by atoms with Gasteiger partial charge in [-0.2, -0.15) is 20.7 Å². The fraction of sp³-hybridized carbons (Fsp3) is 0. The number of aromatic nitrogens is 2. The maximum absolute atomic E-state index is 2.75. The molecule has 3 heterocycles. The molecule has 13 rings (SSSR count). The van der Waals surface area contributed by atoms with Crippen LogP contribution in [0.3, 0.4) is 0 Å². The first kappa shape index (κ1) is 37.0. The molecule has 301 valence electrons. The fourth-order valence-electron chi connectivity index (χ4n) is 10.6. The van der Waals surface area contributed by atoms with Crippen LogP contribution in [0.1, 0.15) is 0 Å². The summed E-state index contributed by atoms with van der Waals surface area (Å²) in [5, 5.41) is 10.8. The number of nitrogens with zero attached hydrogens (tertiary/aromatic N) is 2. The molecule has 0 saturated heterocycles. The summed E-state index contributed by atoms with van der Waals surface area (Å²) in [5.41, 5.74) is 12.1. The molecule has 0 radical (unpaired) electrons. The van der Waals surface area contributed by atoms with Gasteiger partial charge in [-0.3, -0.25) is 0 Å². The Balaban J connectivity index is 0.934. The highest BCUT2D eigenvalue weighted by molar-refractivity contribution is 8.00. The van der Waals surface area contributed by atoms with Gasteiger partial charge in [-0.1, -0.05) is 194 Å². The number of para-hydroxylation sites is 4. The van der Waals surface area contributed by atoms with Gasteiger partial charge in [-0.05, 0) is 101 Å². The van der Waals surface area contributed by atoms with E-state index >= 15 is 0 Å². The molecule has 0 fully saturated rings. The third-order valence-electron chi connectivity index (χ3n) is 13.5. The number of hydrogen-bond acceptors (Lipinski definition) is 1. The maximum atomic E-state index is 2.46. The Morgan fingerprint density at radius 1 is 0.281 bits per heavy atom. The van der Waals surface area contributed by atoms with E-state index in [0.717, 1.165) is 11.4 Å². The molecule has 2 aromatic heterocycles. The van der Waals surface area contributed by atoms with Gasteiger partial charge >= 0.3 is 0 Å². The largest absolute Gasteiger partial charge is 0.309 e. The van der Waals surface area contributed by atoms with Crippen molar-refractivity contribution in [2.24, 2.45) is 0 Å². The molecular formula is C60H40N2SSi-. The van der Waals surface area contributed by atoms with Crippen LogP contribution in [0.25, 0.3) is 77.2 Å². The van der Waals surface area contributed by atoms with Crippen LogP contribution < -0.4 is 20.7 Å². The summed E-state index contributed by atoms with van der Waals surface area (Å²) in [6, 6.07) is 90.4. The third kappa shape index (κ3) is 5.59. The number of benzene rings is 10. The zero-order valence-corrected chi connectivity index (χ0v) is 36.7. The van der Waals surface area contributed by atoms with Gasteiger partial charge in [-0.25, -0.2) is 0 Å². The van der Waals surface area contributed by atoms with Gasteiger partial charge in [0.1, 0.15) is 0 Å². The van der Waals surface area contributed by atoms with Crippen molar-refractivity contribution in [3.63, 3.8) is 0 Å². The Labute approximate surface area is 377 Å². The summed E-state index contributed by atoms with van der Waals surface area (Å²) >= 11 is 1.93. The highest BCUT2D eigenvalue weighted by Crippen LogP contribution is 2.39. The topological polar surface area (TPSA) is 9.86 Å². The Hall–Kier alpha value is -7.63. The Bertz CT molecular complexity index is 3380. The van der Waals surface area contributed by atoms with Crippen molar-refractivity contribution >= 4 is 84.2 Å². The molecule has 0 N–H and O–H groups in total. The average molecular weight is 849 g/mol. The minimum absolute atomic E-state index is 1.16. The standard InChI is InChI=1S/C60H40N2SSi/c1-3-15-47(16-4-1)64(48-17-5-2-6-18-48)59-37-31-43(41-27-33-45(34-28-41)61-53-23-11-7-19-49(53)50-20-8-12-24-54(50)61)39-57(59)63-58-40-44(32-38-60(58)64)42-29-35-46(36-30-42)62-55-25-13-9-21-51(55)52-22-10-14-26-56(52)62/h1-40H/q-1. The maximum Gasteiger partial charge on any atom is 0.0541 e. The van der Waals surface area contributed by atoms with E-state index < -0.39 is 8.07 Å². The molecule has 0 spiro atoms. The second-order valence-electron chi connectivity index (χ2n) is 16.8. The van der Waals surface area contributed by atoms with Crippen LogP contribution in [-0.4, -0.2) is 17.2 Å². The molecule has 10 aromatic carbocycles. The van der Waals surface area contributed by atoms with Crippen molar-refractivity contribution in [3.05, 3.63) is 243 Å². The normalized spacial score (nSPS) is 13.1. The molecular weight excluding hydrogens is 809 g/mol. The summed E-state index contributed by atoms with van der Waals surface area (Å²) in [6.45, 7) is 0. The Morgan fingerprint density at radius 3 is 0.953 bits per heavy atom. The summed E-state index contributed by atoms with van der Waals surface area (Å²) in [6.07, 6.45) is 0. The van der Waals surface area contributed by atoms with Crippen LogP contribution in [0, 0.1) is 0 Å². The van der Waals surface area contributed by atoms with Gasteiger partial charge in [0.05, 0.1) is 22.1 Å². The summed E-state index contributed by atoms with van der Waals surface area (Å²) in [5.74, 6) is 0. The molecule has 64 heavy (non-hydrogen) atoms. The molecule has 0 aliphatic carbocycles. The van der Waals surface area contributed by atoms with Crippen molar-refractivity contribution in [2.75, 3.05) is 0 Å². The van der Waals surface area contributed by atoms with Crippen LogP contribution in [0.15, 0.2) is 252 Å². The van der Waals surface area contributed by atoms with Gasteiger partial charge in [0.2, 0.25) is 0 Å². The van der Waals surface area contributed by atoms with E-state index in [9.17, 15) is 0 Å². The molecule has 0 bridgehead atoms. The first-order valence-electron chi connectivity index (χ1n) is 22.0. The molecule has 4 heteroatoms. The molecule has 0 atom stereocenters. The van der Waals surface area contributed by atoms with E-state index in [1.165, 1.54) is 96.4 Å². The Morgan fingerprint density at radius 2 is 0.594 bits per heavy atom. The lowest BCUT2D eigenvalue weighted by Gasteiger charge is -2.51. The smallest absolute Gasteiger partial charge is 0.0541 e. The van der Waals surface area contributed by atoms with Crippen LogP contribution >= 0.6 is 11.8 Å². The van der Waals surface area contributed by atoms with Gasteiger partial charge in [0.25, 0.3) is 0 Å². The lowest BCUT2D eigenvalue weighted by Crippen LogP contribution is -2.76. The first-order chi connectivity index (χ1) is 31.7. The van der Waals surface area contributed by atoms with E-state index in [1.807, 2.05) is 11.8 Å². The second kappa shape index (κ2) is 14.7. The van der Waals surface area contributed by atoms with Crippen molar-refractivity contribution in [1.29, 1.82) is 0 Å². The van der Waals surface area contributed by atoms with Crippen LogP contribution in [0.2, 0.25) is 0 Å². The minimum atomic E-state index is -2.75. The SMILES string of the molecule is c1ccc([Si-]2(c3ccccc3)c3ccc(-c4ccc(-n5c6ccccc6c6ccccc65)cc4)cc3Sc3cc(-c4ccc(-n5c6ccccc6c6ccccc65)cc4)ccc32)cc1. The average Bonchev–Trinajstić information content (AvgIpc) is 3.89. The second-order valence-corrected chi connectivity index (χ2v) is 21.7. The molecule has 0 saturated carbocycles. The van der Waals surface area contributed by atoms with E-state index in [-0.39, 0.29) is 0 Å². The van der Waals surface area contributed by atoms with Gasteiger partial charge in [-0.15, -0.1) is 0 Å². The first-order valence-corrected chi connectivity index (χ1v) is 24.8. The predicted octanol–water partition coefficient (Wildman–Crippen LogP) is 13.1. The van der Waals surface area contributed by atoms with E-state index in [4.69, 9.17) is 0 Å². The predicted molar refractivity (Wildman–Crippen MR) is 274 cm³/mol. The highest BCUT2D eigenvalue weighted by Gasteiger charge is 2.35. The van der Waals surface area contributed by atoms with Crippen LogP contribution in [-0.2, 0) is 0 Å². The van der Waals surface area contributed by atoms with Gasteiger partial charge < -0.3 is 9.13 Å². The van der Waals surface area contributed by atoms with Crippen molar-refractivity contribution in [3.8, 4) is 33.6 Å². The number of hydrogen-bond donors (Lipinski definition) is 0. The fourth-order valence-corrected chi connectivity index (χ4v) is 17.6. The van der Waals surface area contributed by atoms with E-state index in [2.05, 4.69) is 252 Å². The molecule has 0 unspecified atom stereocenters. The molecule has 12 aromatic rings. The molecule has 0 amide bonds. The lowest BCUT2D eigenvalue weighted by molar-refractivity contribution is 1.18. The summed E-state index contributed by atoms with van der Waals surface area (Å²) in [4.78, 5) is 2.66. The van der Waals surface area contributed by atoms with Crippen molar-refractivity contribution in [1.82, 2.24) is 9.13 Å². The minimum Gasteiger partial charge on any atom is -0.309 e. The zero-order chi connectivity index (χ0) is 42.2. The number of fused-ring (bicyclic) bond motifs is 8. The van der Waals surface area contributed by atoms with Crippen LogP contribution in [0.4, 0.5) is 0 Å². The van der Waals surface area contributed by atoms with Crippen molar-refractivity contribution in [2.45, 2.75) is 9.79 Å². The monoisotopic (exact) mass is 848 g/mol. The molecule has 1 aliphatic heterocycles. The zero-order valence-electron chi connectivity index (χ0n) is 34.9. The Kier molecular flexibility index (Phi) is 8.51. The summed E-state index contributed by atoms with van der Waals surface area (Å²) in [7, 11) is -2.75. The number of rotatable bonds is 6. The van der Waals surface area contributed by atoms with E-state index in [0.29, 0.717) is 0 Å². The van der Waals surface area contributed by atoms with Crippen LogP contribution in [0.5, 0.6) is 0 Å². The quantitative estimate of drug-likeness (QED) is 0.152. The van der Waals surface area contributed by atoms with E-state index in [1.54, 1.807) is 0 Å². The molecule has 2 nitrogen and oxygen atoms in total.